The Morgan fingerprint density at radius 2 is 2.05 bits per heavy atom. The summed E-state index contributed by atoms with van der Waals surface area (Å²) in [6.45, 7) is 3.34. The second-order valence-corrected chi connectivity index (χ2v) is 6.87. The summed E-state index contributed by atoms with van der Waals surface area (Å²) in [7, 11) is -3.94. The zero-order chi connectivity index (χ0) is 15.8. The number of sulfonamides is 1. The van der Waals surface area contributed by atoms with Crippen LogP contribution in [0, 0.1) is 13.8 Å². The smallest absolute Gasteiger partial charge is 0.335 e. The molecule has 0 bridgehead atoms. The number of aromatic nitrogens is 2. The van der Waals surface area contributed by atoms with Crippen LogP contribution >= 0.6 is 15.9 Å². The predicted octanol–water partition coefficient (Wildman–Crippen LogP) is 2.29. The molecule has 0 saturated heterocycles. The fourth-order valence-corrected chi connectivity index (χ4v) is 3.91. The van der Waals surface area contributed by atoms with E-state index in [0.717, 1.165) is 6.07 Å². The van der Waals surface area contributed by atoms with E-state index < -0.39 is 16.0 Å². The quantitative estimate of drug-likeness (QED) is 0.760. The highest BCUT2D eigenvalue weighted by Crippen LogP contribution is 2.27. The van der Waals surface area contributed by atoms with Gasteiger partial charge in [-0.1, -0.05) is 0 Å². The summed E-state index contributed by atoms with van der Waals surface area (Å²) < 4.78 is 27.5. The van der Waals surface area contributed by atoms with E-state index in [1.165, 1.54) is 12.1 Å². The maximum absolute atomic E-state index is 12.4. The number of aromatic carboxylic acids is 1. The first-order valence-corrected chi connectivity index (χ1v) is 8.07. The fraction of sp³-hybridized carbons (Fsp3) is 0.167. The molecular formula is C12H12BrN3O4S. The van der Waals surface area contributed by atoms with Crippen molar-refractivity contribution in [3.8, 4) is 0 Å². The molecule has 9 heteroatoms. The topological polar surface area (TPSA) is 112 Å². The molecule has 2 aromatic rings. The summed E-state index contributed by atoms with van der Waals surface area (Å²) in [5, 5.41) is 15.5. The van der Waals surface area contributed by atoms with Crippen LogP contribution in [0.25, 0.3) is 0 Å². The predicted molar refractivity (Wildman–Crippen MR) is 80.0 cm³/mol. The van der Waals surface area contributed by atoms with Gasteiger partial charge in [-0.3, -0.25) is 9.82 Å². The van der Waals surface area contributed by atoms with Crippen molar-refractivity contribution in [3.63, 3.8) is 0 Å². The number of carboxylic acid groups (broad SMARTS) is 1. The van der Waals surface area contributed by atoms with Gasteiger partial charge in [0.15, 0.2) is 0 Å². The zero-order valence-corrected chi connectivity index (χ0v) is 13.5. The number of rotatable bonds is 4. The lowest BCUT2D eigenvalue weighted by Crippen LogP contribution is -2.15. The number of carboxylic acids is 1. The lowest BCUT2D eigenvalue weighted by Gasteiger charge is -2.10. The Morgan fingerprint density at radius 1 is 1.38 bits per heavy atom. The first kappa shape index (κ1) is 15.5. The van der Waals surface area contributed by atoms with Gasteiger partial charge in [0.25, 0.3) is 10.0 Å². The van der Waals surface area contributed by atoms with E-state index in [9.17, 15) is 13.2 Å². The number of nitrogens with zero attached hydrogens (tertiary/aromatic N) is 1. The fourth-order valence-electron chi connectivity index (χ4n) is 1.73. The Bertz CT molecular complexity index is 794. The number of benzene rings is 1. The molecule has 0 unspecified atom stereocenters. The van der Waals surface area contributed by atoms with Crippen LogP contribution in [0.1, 0.15) is 21.7 Å². The molecule has 1 aromatic carbocycles. The van der Waals surface area contributed by atoms with Gasteiger partial charge in [0.1, 0.15) is 4.90 Å². The minimum atomic E-state index is -3.94. The van der Waals surface area contributed by atoms with Gasteiger partial charge in [-0.2, -0.15) is 5.10 Å². The average Bonchev–Trinajstić information content (AvgIpc) is 2.70. The van der Waals surface area contributed by atoms with E-state index >= 15 is 0 Å². The third kappa shape index (κ3) is 3.08. The highest BCUT2D eigenvalue weighted by atomic mass is 79.9. The number of H-pyrrole nitrogens is 1. The van der Waals surface area contributed by atoms with E-state index in [2.05, 4.69) is 30.8 Å². The van der Waals surface area contributed by atoms with Crippen LogP contribution in [-0.2, 0) is 10.0 Å². The highest BCUT2D eigenvalue weighted by Gasteiger charge is 2.22. The molecule has 1 aromatic heterocycles. The Labute approximate surface area is 129 Å². The van der Waals surface area contributed by atoms with Crippen molar-refractivity contribution in [3.05, 3.63) is 39.6 Å². The number of hydrogen-bond donors (Lipinski definition) is 3. The zero-order valence-electron chi connectivity index (χ0n) is 11.1. The van der Waals surface area contributed by atoms with Crippen molar-refractivity contribution < 1.29 is 18.3 Å². The molecule has 0 spiro atoms. The number of carbonyl (C=O) groups is 1. The molecule has 0 amide bonds. The van der Waals surface area contributed by atoms with Crippen LogP contribution in [0.15, 0.2) is 27.6 Å². The molecule has 1 heterocycles. The van der Waals surface area contributed by atoms with Crippen LogP contribution in [-0.4, -0.2) is 29.7 Å². The molecule has 2 rings (SSSR count). The van der Waals surface area contributed by atoms with Crippen LogP contribution in [0.2, 0.25) is 0 Å². The second kappa shape index (κ2) is 5.49. The molecule has 0 atom stereocenters. The summed E-state index contributed by atoms with van der Waals surface area (Å²) in [6.07, 6.45) is 0. The first-order valence-electron chi connectivity index (χ1n) is 5.79. The maximum atomic E-state index is 12.4. The molecule has 3 N–H and O–H groups in total. The number of aryl methyl sites for hydroxylation is 2. The minimum absolute atomic E-state index is 0.112. The van der Waals surface area contributed by atoms with Gasteiger partial charge < -0.3 is 5.11 Å². The molecule has 0 aliphatic rings. The van der Waals surface area contributed by atoms with Crippen molar-refractivity contribution in [1.29, 1.82) is 0 Å². The number of halogens is 1. The Hall–Kier alpha value is -1.87. The molecule has 7 nitrogen and oxygen atoms in total. The van der Waals surface area contributed by atoms with Crippen molar-refractivity contribution in [2.45, 2.75) is 18.7 Å². The van der Waals surface area contributed by atoms with Crippen molar-refractivity contribution in [1.82, 2.24) is 10.2 Å². The molecule has 112 valence electrons. The summed E-state index contributed by atoms with van der Waals surface area (Å²) >= 11 is 3.12. The molecule has 0 radical (unpaired) electrons. The maximum Gasteiger partial charge on any atom is 0.335 e. The molecule has 0 aliphatic carbocycles. The summed E-state index contributed by atoms with van der Waals surface area (Å²) in [6, 6.07) is 3.80. The molecule has 21 heavy (non-hydrogen) atoms. The van der Waals surface area contributed by atoms with Crippen molar-refractivity contribution in [2.75, 3.05) is 4.72 Å². The molecular weight excluding hydrogens is 362 g/mol. The van der Waals surface area contributed by atoms with Crippen molar-refractivity contribution in [2.24, 2.45) is 0 Å². The standard InChI is InChI=1S/C12H12BrN3O4S/c1-6-11(7(2)15-14-6)16-21(19,20)10-5-8(12(17)18)3-4-9(10)13/h3-5,16H,1-2H3,(H,14,15)(H,17,18). The molecule has 0 saturated carbocycles. The van der Waals surface area contributed by atoms with Gasteiger partial charge in [-0.05, 0) is 48.0 Å². The third-order valence-electron chi connectivity index (χ3n) is 2.83. The summed E-state index contributed by atoms with van der Waals surface area (Å²) in [4.78, 5) is 10.8. The summed E-state index contributed by atoms with van der Waals surface area (Å²) in [5.74, 6) is -1.20. The normalized spacial score (nSPS) is 11.4. The second-order valence-electron chi connectivity index (χ2n) is 4.36. The Morgan fingerprint density at radius 3 is 2.57 bits per heavy atom. The monoisotopic (exact) mass is 373 g/mol. The molecule has 0 aliphatic heterocycles. The first-order chi connectivity index (χ1) is 9.72. The number of aromatic amines is 1. The average molecular weight is 374 g/mol. The van der Waals surface area contributed by atoms with Crippen LogP contribution in [0.4, 0.5) is 5.69 Å². The van der Waals surface area contributed by atoms with Gasteiger partial charge >= 0.3 is 5.97 Å². The summed E-state index contributed by atoms with van der Waals surface area (Å²) in [5.41, 5.74) is 1.31. The van der Waals surface area contributed by atoms with Crippen LogP contribution in [0.5, 0.6) is 0 Å². The minimum Gasteiger partial charge on any atom is -0.478 e. The van der Waals surface area contributed by atoms with E-state index in [1.807, 2.05) is 0 Å². The van der Waals surface area contributed by atoms with E-state index in [-0.39, 0.29) is 14.9 Å². The van der Waals surface area contributed by atoms with E-state index in [1.54, 1.807) is 13.8 Å². The van der Waals surface area contributed by atoms with Crippen LogP contribution < -0.4 is 4.72 Å². The molecule has 0 fully saturated rings. The third-order valence-corrected chi connectivity index (χ3v) is 5.18. The lowest BCUT2D eigenvalue weighted by molar-refractivity contribution is 0.0696. The van der Waals surface area contributed by atoms with E-state index in [4.69, 9.17) is 5.11 Å². The van der Waals surface area contributed by atoms with Crippen molar-refractivity contribution >= 4 is 37.6 Å². The Kier molecular flexibility index (Phi) is 4.06. The number of hydrogen-bond acceptors (Lipinski definition) is 4. The van der Waals surface area contributed by atoms with Gasteiger partial charge in [-0.15, -0.1) is 0 Å². The van der Waals surface area contributed by atoms with Gasteiger partial charge in [0.2, 0.25) is 0 Å². The van der Waals surface area contributed by atoms with Gasteiger partial charge in [0, 0.05) is 4.47 Å². The lowest BCUT2D eigenvalue weighted by atomic mass is 10.2. The van der Waals surface area contributed by atoms with Crippen LogP contribution in [0.3, 0.4) is 0 Å². The SMILES string of the molecule is Cc1n[nH]c(C)c1NS(=O)(=O)c1cc(C(=O)O)ccc1Br. The van der Waals surface area contributed by atoms with Gasteiger partial charge in [-0.25, -0.2) is 13.2 Å². The largest absolute Gasteiger partial charge is 0.478 e. The van der Waals surface area contributed by atoms with Gasteiger partial charge in [0.05, 0.1) is 22.6 Å². The Balaban J connectivity index is 2.49. The number of anilines is 1. The number of nitrogens with one attached hydrogen (secondary N) is 2. The van der Waals surface area contributed by atoms with E-state index in [0.29, 0.717) is 17.1 Å². The highest BCUT2D eigenvalue weighted by molar-refractivity contribution is 9.10.